The first kappa shape index (κ1) is 13.0. The van der Waals surface area contributed by atoms with Crippen molar-refractivity contribution in [2.75, 3.05) is 0 Å². The second kappa shape index (κ2) is 4.04. The lowest BCUT2D eigenvalue weighted by molar-refractivity contribution is -0.0897. The summed E-state index contributed by atoms with van der Waals surface area (Å²) in [7, 11) is 0. The molecule has 0 saturated carbocycles. The van der Waals surface area contributed by atoms with E-state index in [2.05, 4.69) is 11.1 Å². The Morgan fingerprint density at radius 3 is 2.22 bits per heavy atom. The number of nitrogens with zero attached hydrogens (tertiary/aromatic N) is 2. The number of rotatable bonds is 1. The third-order valence-corrected chi connectivity index (χ3v) is 3.73. The average molecular weight is 246 g/mol. The van der Waals surface area contributed by atoms with E-state index in [0.717, 1.165) is 11.1 Å². The molecule has 0 unspecified atom stereocenters. The van der Waals surface area contributed by atoms with Crippen LogP contribution in [0, 0.1) is 18.3 Å². The van der Waals surface area contributed by atoms with Crippen LogP contribution in [0.1, 0.15) is 50.8 Å². The molecule has 1 aromatic rings. The fourth-order valence-electron chi connectivity index (χ4n) is 1.82. The first-order valence-electron chi connectivity index (χ1n) is 5.99. The van der Waals surface area contributed by atoms with Crippen LogP contribution in [0.25, 0.3) is 0 Å². The Morgan fingerprint density at radius 1 is 1.22 bits per heavy atom. The van der Waals surface area contributed by atoms with E-state index in [1.165, 1.54) is 0 Å². The van der Waals surface area contributed by atoms with Crippen molar-refractivity contribution in [2.45, 2.75) is 52.1 Å². The van der Waals surface area contributed by atoms with E-state index in [1.54, 1.807) is 6.20 Å². The second-order valence-electron chi connectivity index (χ2n) is 5.63. The molecule has 0 bridgehead atoms. The normalized spacial score (nSPS) is 21.8. The van der Waals surface area contributed by atoms with Crippen LogP contribution in [-0.4, -0.2) is 16.2 Å². The predicted molar refractivity (Wildman–Crippen MR) is 66.8 cm³/mol. The highest BCUT2D eigenvalue weighted by atomic mass is 16.7. The first-order chi connectivity index (χ1) is 8.27. The number of pyridine rings is 1. The molecule has 4 nitrogen and oxygen atoms in total. The van der Waals surface area contributed by atoms with Crippen molar-refractivity contribution in [1.82, 2.24) is 4.98 Å². The van der Waals surface area contributed by atoms with Gasteiger partial charge in [-0.25, -0.2) is 4.98 Å². The molecule has 0 atom stereocenters. The molecule has 96 valence electrons. The minimum absolute atomic E-state index is 0.362. The maximum Gasteiger partial charge on any atom is 0.186 e. The summed E-state index contributed by atoms with van der Waals surface area (Å²) >= 11 is 0. The molecule has 2 rings (SSSR count). The van der Waals surface area contributed by atoms with E-state index in [-0.39, 0.29) is 11.2 Å². The molecule has 1 fully saturated rings. The molecule has 1 aliphatic heterocycles. The lowest BCUT2D eigenvalue weighted by Gasteiger charge is -2.30. The van der Waals surface area contributed by atoms with Crippen molar-refractivity contribution in [3.05, 3.63) is 29.1 Å². The third-order valence-electron chi connectivity index (χ3n) is 3.73. The summed E-state index contributed by atoms with van der Waals surface area (Å²) < 4.78 is 11.9. The summed E-state index contributed by atoms with van der Waals surface area (Å²) in [5.41, 5.74) is 1.41. The Balaban J connectivity index is 2.31. The van der Waals surface area contributed by atoms with Gasteiger partial charge in [0.05, 0.1) is 11.2 Å². The average Bonchev–Trinajstić information content (AvgIpc) is 2.48. The molecule has 0 aliphatic carbocycles. The molecule has 1 aromatic heterocycles. The Morgan fingerprint density at radius 2 is 1.78 bits per heavy atom. The van der Waals surface area contributed by atoms with Gasteiger partial charge in [0.15, 0.2) is 6.29 Å². The van der Waals surface area contributed by atoms with Gasteiger partial charge < -0.3 is 9.47 Å². The predicted octanol–water partition coefficient (Wildman–Crippen LogP) is 2.86. The largest absolute Gasteiger partial charge is 0.339 e. The molecule has 0 N–H and O–H groups in total. The van der Waals surface area contributed by atoms with Gasteiger partial charge in [0.1, 0.15) is 11.8 Å². The molecule has 4 heteroatoms. The summed E-state index contributed by atoms with van der Waals surface area (Å²) in [6, 6.07) is 3.95. The molecule has 0 radical (unpaired) electrons. The van der Waals surface area contributed by atoms with Gasteiger partial charge in [-0.15, -0.1) is 0 Å². The fourth-order valence-corrected chi connectivity index (χ4v) is 1.82. The molecular formula is C14H18N2O2. The summed E-state index contributed by atoms with van der Waals surface area (Å²) in [5, 5.41) is 8.87. The van der Waals surface area contributed by atoms with E-state index in [9.17, 15) is 0 Å². The molecule has 0 spiro atoms. The quantitative estimate of drug-likeness (QED) is 0.764. The zero-order chi connectivity index (χ0) is 13.6. The number of ether oxygens (including phenoxy) is 2. The van der Waals surface area contributed by atoms with E-state index >= 15 is 0 Å². The molecule has 1 saturated heterocycles. The van der Waals surface area contributed by atoms with E-state index in [1.807, 2.05) is 40.7 Å². The van der Waals surface area contributed by atoms with Crippen LogP contribution >= 0.6 is 0 Å². The van der Waals surface area contributed by atoms with E-state index in [4.69, 9.17) is 14.7 Å². The fraction of sp³-hybridized carbons (Fsp3) is 0.571. The topological polar surface area (TPSA) is 55.1 Å². The molecule has 2 heterocycles. The minimum Gasteiger partial charge on any atom is -0.339 e. The van der Waals surface area contributed by atoms with Gasteiger partial charge in [-0.2, -0.15) is 5.26 Å². The Labute approximate surface area is 108 Å². The zero-order valence-corrected chi connectivity index (χ0v) is 11.4. The molecule has 1 aliphatic rings. The van der Waals surface area contributed by atoms with Crippen LogP contribution in [0.5, 0.6) is 0 Å². The van der Waals surface area contributed by atoms with Crippen LogP contribution in [-0.2, 0) is 9.47 Å². The van der Waals surface area contributed by atoms with Crippen LogP contribution < -0.4 is 0 Å². The van der Waals surface area contributed by atoms with Crippen molar-refractivity contribution in [3.8, 4) is 6.07 Å². The number of hydrogen-bond donors (Lipinski definition) is 0. The van der Waals surface area contributed by atoms with E-state index in [0.29, 0.717) is 5.69 Å². The summed E-state index contributed by atoms with van der Waals surface area (Å²) in [6.07, 6.45) is 1.22. The van der Waals surface area contributed by atoms with Crippen molar-refractivity contribution < 1.29 is 9.47 Å². The van der Waals surface area contributed by atoms with Crippen LogP contribution in [0.2, 0.25) is 0 Å². The summed E-state index contributed by atoms with van der Waals surface area (Å²) in [5.74, 6) is 0. The molecule has 0 aromatic carbocycles. The minimum atomic E-state index is -0.422. The Kier molecular flexibility index (Phi) is 2.92. The summed E-state index contributed by atoms with van der Waals surface area (Å²) in [6.45, 7) is 9.90. The number of aromatic nitrogens is 1. The standard InChI is InChI=1S/C14H18N2O2/c1-9-6-10(8-16-11(9)7-15)12-17-13(2,3)14(4,5)18-12/h6,8,12H,1-5H3. The first-order valence-corrected chi connectivity index (χ1v) is 5.99. The lowest BCUT2D eigenvalue weighted by Crippen LogP contribution is -2.41. The van der Waals surface area contributed by atoms with Crippen molar-refractivity contribution in [2.24, 2.45) is 0 Å². The van der Waals surface area contributed by atoms with Gasteiger partial charge in [-0.1, -0.05) is 0 Å². The highest BCUT2D eigenvalue weighted by Crippen LogP contribution is 2.44. The SMILES string of the molecule is Cc1cc(C2OC(C)(C)C(C)(C)O2)cnc1C#N. The van der Waals surface area contributed by atoms with Gasteiger partial charge >= 0.3 is 0 Å². The molecular weight excluding hydrogens is 228 g/mol. The zero-order valence-electron chi connectivity index (χ0n) is 11.4. The third kappa shape index (κ3) is 2.00. The molecule has 18 heavy (non-hydrogen) atoms. The van der Waals surface area contributed by atoms with Crippen molar-refractivity contribution in [1.29, 1.82) is 5.26 Å². The smallest absolute Gasteiger partial charge is 0.186 e. The number of nitriles is 1. The Hall–Kier alpha value is -1.44. The Bertz CT molecular complexity index is 499. The van der Waals surface area contributed by atoms with Crippen LogP contribution in [0.3, 0.4) is 0 Å². The number of aryl methyl sites for hydroxylation is 1. The van der Waals surface area contributed by atoms with E-state index < -0.39 is 6.29 Å². The van der Waals surface area contributed by atoms with Gasteiger partial charge in [-0.3, -0.25) is 0 Å². The highest BCUT2D eigenvalue weighted by Gasteiger charge is 2.49. The molecule has 0 amide bonds. The van der Waals surface area contributed by atoms with Gasteiger partial charge in [0.25, 0.3) is 0 Å². The second-order valence-corrected chi connectivity index (χ2v) is 5.63. The van der Waals surface area contributed by atoms with Crippen molar-refractivity contribution in [3.63, 3.8) is 0 Å². The summed E-state index contributed by atoms with van der Waals surface area (Å²) in [4.78, 5) is 4.12. The van der Waals surface area contributed by atoms with Gasteiger partial charge in [-0.05, 0) is 46.2 Å². The van der Waals surface area contributed by atoms with Gasteiger partial charge in [0, 0.05) is 11.8 Å². The maximum absolute atomic E-state index is 8.87. The maximum atomic E-state index is 8.87. The lowest BCUT2D eigenvalue weighted by atomic mass is 9.90. The number of hydrogen-bond acceptors (Lipinski definition) is 4. The van der Waals surface area contributed by atoms with Gasteiger partial charge in [0.2, 0.25) is 0 Å². The highest BCUT2D eigenvalue weighted by molar-refractivity contribution is 5.33. The monoisotopic (exact) mass is 246 g/mol. The van der Waals surface area contributed by atoms with Crippen LogP contribution in [0.15, 0.2) is 12.3 Å². The van der Waals surface area contributed by atoms with Crippen LogP contribution in [0.4, 0.5) is 0 Å². The van der Waals surface area contributed by atoms with Crippen molar-refractivity contribution >= 4 is 0 Å².